The van der Waals surface area contributed by atoms with Crippen molar-refractivity contribution in [3.05, 3.63) is 0 Å². The van der Waals surface area contributed by atoms with Crippen LogP contribution in [0.4, 0.5) is 8.78 Å². The summed E-state index contributed by atoms with van der Waals surface area (Å²) in [6.45, 7) is 21.6. The molecule has 0 radical (unpaired) electrons. The normalized spacial score (nSPS) is 14.7. The van der Waals surface area contributed by atoms with E-state index in [2.05, 4.69) is 34.6 Å². The summed E-state index contributed by atoms with van der Waals surface area (Å²) in [5.41, 5.74) is 0.163. The third-order valence-electron chi connectivity index (χ3n) is 6.17. The molecule has 0 aliphatic heterocycles. The Morgan fingerprint density at radius 3 is 1.41 bits per heavy atom. The molecule has 2 heteroatoms. The molecule has 27 heavy (non-hydrogen) atoms. The molecule has 0 heterocycles. The molecule has 0 saturated carbocycles. The van der Waals surface area contributed by atoms with E-state index < -0.39 is 5.92 Å². The number of alkyl halides is 2. The quantitative estimate of drug-likeness (QED) is 0.275. The molecule has 0 unspecified atom stereocenters. The standard InChI is InChI=1S/C25H50F2/c1-11-22(5,6)19-25(26,27)20-24(9,10)18-14-17-23(7,8)16-13-12-15-21(2,3)4/h11-20H2,1-10H3. The Morgan fingerprint density at radius 1 is 0.519 bits per heavy atom. The Morgan fingerprint density at radius 2 is 0.926 bits per heavy atom. The van der Waals surface area contributed by atoms with Crippen LogP contribution in [-0.2, 0) is 0 Å². The van der Waals surface area contributed by atoms with Crippen LogP contribution >= 0.6 is 0 Å². The van der Waals surface area contributed by atoms with Gasteiger partial charge in [0.05, 0.1) is 0 Å². The van der Waals surface area contributed by atoms with Crippen LogP contribution < -0.4 is 0 Å². The molecular weight excluding hydrogens is 338 g/mol. The summed E-state index contributed by atoms with van der Waals surface area (Å²) in [5, 5.41) is 0. The molecule has 0 aliphatic carbocycles. The molecule has 0 amide bonds. The first-order valence-corrected chi connectivity index (χ1v) is 11.3. The van der Waals surface area contributed by atoms with Gasteiger partial charge in [-0.3, -0.25) is 0 Å². The first-order chi connectivity index (χ1) is 11.9. The minimum atomic E-state index is -2.56. The molecule has 0 aromatic heterocycles. The molecule has 164 valence electrons. The van der Waals surface area contributed by atoms with Crippen LogP contribution in [-0.4, -0.2) is 5.92 Å². The Labute approximate surface area is 170 Å². The minimum absolute atomic E-state index is 0.000794. The summed E-state index contributed by atoms with van der Waals surface area (Å²) in [5.74, 6) is -2.56. The van der Waals surface area contributed by atoms with Gasteiger partial charge in [0.15, 0.2) is 0 Å². The maximum atomic E-state index is 14.6. The maximum absolute atomic E-state index is 14.6. The van der Waals surface area contributed by atoms with Crippen molar-refractivity contribution in [3.8, 4) is 0 Å². The van der Waals surface area contributed by atoms with Crippen molar-refractivity contribution < 1.29 is 8.78 Å². The molecule has 0 rings (SSSR count). The van der Waals surface area contributed by atoms with E-state index in [1.807, 2.05) is 34.6 Å². The van der Waals surface area contributed by atoms with Crippen molar-refractivity contribution in [3.63, 3.8) is 0 Å². The second-order valence-corrected chi connectivity index (χ2v) is 12.7. The van der Waals surface area contributed by atoms with Gasteiger partial charge in [0.2, 0.25) is 5.92 Å². The Balaban J connectivity index is 4.35. The van der Waals surface area contributed by atoms with E-state index in [1.165, 1.54) is 25.7 Å². The monoisotopic (exact) mass is 388 g/mol. The number of rotatable bonds is 13. The van der Waals surface area contributed by atoms with Crippen molar-refractivity contribution in [1.82, 2.24) is 0 Å². The van der Waals surface area contributed by atoms with Crippen LogP contribution in [0.5, 0.6) is 0 Å². The Hall–Kier alpha value is -0.140. The van der Waals surface area contributed by atoms with Gasteiger partial charge in [-0.15, -0.1) is 0 Å². The third kappa shape index (κ3) is 14.5. The van der Waals surface area contributed by atoms with E-state index in [-0.39, 0.29) is 23.7 Å². The van der Waals surface area contributed by atoms with Crippen LogP contribution in [0.2, 0.25) is 0 Å². The number of hydrogen-bond donors (Lipinski definition) is 0. The predicted molar refractivity (Wildman–Crippen MR) is 118 cm³/mol. The summed E-state index contributed by atoms with van der Waals surface area (Å²) in [6.07, 6.45) is 8.96. The lowest BCUT2D eigenvalue weighted by atomic mass is 9.74. The highest BCUT2D eigenvalue weighted by atomic mass is 19.3. The van der Waals surface area contributed by atoms with E-state index in [0.717, 1.165) is 25.7 Å². The summed E-state index contributed by atoms with van der Waals surface area (Å²) in [6, 6.07) is 0. The molecule has 0 atom stereocenters. The molecule has 0 aromatic rings. The molecule has 0 saturated heterocycles. The molecular formula is C25H50F2. The highest BCUT2D eigenvalue weighted by Crippen LogP contribution is 2.44. The van der Waals surface area contributed by atoms with Gasteiger partial charge in [-0.05, 0) is 47.3 Å². The van der Waals surface area contributed by atoms with Gasteiger partial charge in [-0.2, -0.15) is 0 Å². The van der Waals surface area contributed by atoms with Gasteiger partial charge in [-0.1, -0.05) is 94.9 Å². The molecule has 0 spiro atoms. The van der Waals surface area contributed by atoms with Crippen LogP contribution in [0.15, 0.2) is 0 Å². The zero-order chi connectivity index (χ0) is 21.6. The van der Waals surface area contributed by atoms with Crippen LogP contribution in [0.25, 0.3) is 0 Å². The molecule has 0 bridgehead atoms. The van der Waals surface area contributed by atoms with Crippen molar-refractivity contribution in [1.29, 1.82) is 0 Å². The first-order valence-electron chi connectivity index (χ1n) is 11.3. The summed E-state index contributed by atoms with van der Waals surface area (Å²) in [4.78, 5) is 0. The molecule has 0 aliphatic rings. The lowest BCUT2D eigenvalue weighted by Gasteiger charge is -2.35. The van der Waals surface area contributed by atoms with Gasteiger partial charge in [0.25, 0.3) is 0 Å². The molecule has 0 N–H and O–H groups in total. The summed E-state index contributed by atoms with van der Waals surface area (Å²) in [7, 11) is 0. The van der Waals surface area contributed by atoms with Crippen LogP contribution in [0, 0.1) is 21.7 Å². The van der Waals surface area contributed by atoms with Crippen molar-refractivity contribution in [2.24, 2.45) is 21.7 Å². The van der Waals surface area contributed by atoms with E-state index in [9.17, 15) is 8.78 Å². The van der Waals surface area contributed by atoms with E-state index in [0.29, 0.717) is 10.8 Å². The largest absolute Gasteiger partial charge is 0.249 e. The van der Waals surface area contributed by atoms with Crippen LogP contribution in [0.3, 0.4) is 0 Å². The highest BCUT2D eigenvalue weighted by molar-refractivity contribution is 4.84. The fourth-order valence-corrected chi connectivity index (χ4v) is 4.11. The molecule has 0 aromatic carbocycles. The maximum Gasteiger partial charge on any atom is 0.249 e. The predicted octanol–water partition coefficient (Wildman–Crippen LogP) is 9.67. The number of halogens is 2. The summed E-state index contributed by atoms with van der Waals surface area (Å²) < 4.78 is 29.1. The summed E-state index contributed by atoms with van der Waals surface area (Å²) >= 11 is 0. The fourth-order valence-electron chi connectivity index (χ4n) is 4.11. The van der Waals surface area contributed by atoms with Crippen molar-refractivity contribution in [2.45, 2.75) is 139 Å². The smallest absolute Gasteiger partial charge is 0.207 e. The van der Waals surface area contributed by atoms with Gasteiger partial charge < -0.3 is 0 Å². The van der Waals surface area contributed by atoms with E-state index in [4.69, 9.17) is 0 Å². The van der Waals surface area contributed by atoms with Crippen LogP contribution in [0.1, 0.15) is 133 Å². The SMILES string of the molecule is CCC(C)(C)CC(F)(F)CC(C)(C)CCCC(C)(C)CCCCC(C)(C)C. The fraction of sp³-hybridized carbons (Fsp3) is 1.00. The zero-order valence-corrected chi connectivity index (χ0v) is 20.3. The van der Waals surface area contributed by atoms with Crippen molar-refractivity contribution in [2.75, 3.05) is 0 Å². The topological polar surface area (TPSA) is 0 Å². The van der Waals surface area contributed by atoms with E-state index in [1.54, 1.807) is 0 Å². The number of hydrogen-bond acceptors (Lipinski definition) is 0. The number of unbranched alkanes of at least 4 members (excludes halogenated alkanes) is 1. The molecule has 0 nitrogen and oxygen atoms in total. The second-order valence-electron chi connectivity index (χ2n) is 12.7. The van der Waals surface area contributed by atoms with Gasteiger partial charge in [0, 0.05) is 12.8 Å². The highest BCUT2D eigenvalue weighted by Gasteiger charge is 2.40. The zero-order valence-electron chi connectivity index (χ0n) is 20.3. The average Bonchev–Trinajstić information content (AvgIpc) is 2.39. The Kier molecular flexibility index (Phi) is 10.0. The minimum Gasteiger partial charge on any atom is -0.207 e. The van der Waals surface area contributed by atoms with Gasteiger partial charge in [0.1, 0.15) is 0 Å². The Bertz CT molecular complexity index is 411. The average molecular weight is 389 g/mol. The van der Waals surface area contributed by atoms with Gasteiger partial charge >= 0.3 is 0 Å². The lowest BCUT2D eigenvalue weighted by Crippen LogP contribution is -2.31. The second kappa shape index (κ2) is 10.1. The third-order valence-corrected chi connectivity index (χ3v) is 6.17. The lowest BCUT2D eigenvalue weighted by molar-refractivity contribution is -0.0740. The molecule has 0 fully saturated rings. The first kappa shape index (κ1) is 26.9. The van der Waals surface area contributed by atoms with E-state index >= 15 is 0 Å². The van der Waals surface area contributed by atoms with Gasteiger partial charge in [-0.25, -0.2) is 8.78 Å². The van der Waals surface area contributed by atoms with Crippen molar-refractivity contribution >= 4 is 0 Å².